The van der Waals surface area contributed by atoms with Gasteiger partial charge in [-0.1, -0.05) is 19.0 Å². The van der Waals surface area contributed by atoms with Crippen molar-refractivity contribution in [3.8, 4) is 0 Å². The molecule has 0 aliphatic rings. The van der Waals surface area contributed by atoms with E-state index >= 15 is 0 Å². The largest absolute Gasteiger partial charge is 0.355 e. The van der Waals surface area contributed by atoms with Crippen molar-refractivity contribution >= 4 is 5.91 Å². The van der Waals surface area contributed by atoms with E-state index in [4.69, 9.17) is 10.3 Å². The Balaban J connectivity index is 2.49. The molecule has 0 unspecified atom stereocenters. The molecule has 7 nitrogen and oxygen atoms in total. The zero-order valence-corrected chi connectivity index (χ0v) is 11.7. The smallest absolute Gasteiger partial charge is 0.240 e. The van der Waals surface area contributed by atoms with E-state index in [0.29, 0.717) is 31.3 Å². The Morgan fingerprint density at radius 1 is 1.42 bits per heavy atom. The Bertz CT molecular complexity index is 380. The lowest BCUT2D eigenvalue weighted by Gasteiger charge is -2.19. The lowest BCUT2D eigenvalue weighted by molar-refractivity contribution is -0.122. The number of carbonyl (C=O) groups excluding carboxylic acids is 1. The van der Waals surface area contributed by atoms with Crippen molar-refractivity contribution in [1.29, 1.82) is 0 Å². The summed E-state index contributed by atoms with van der Waals surface area (Å²) in [5.74, 6) is 1.01. The van der Waals surface area contributed by atoms with Crippen molar-refractivity contribution in [3.05, 3.63) is 11.7 Å². The summed E-state index contributed by atoms with van der Waals surface area (Å²) in [7, 11) is 0. The van der Waals surface area contributed by atoms with Crippen LogP contribution in [0.1, 0.15) is 38.4 Å². The van der Waals surface area contributed by atoms with Gasteiger partial charge < -0.3 is 15.6 Å². The Kier molecular flexibility index (Phi) is 7.06. The van der Waals surface area contributed by atoms with Gasteiger partial charge in [-0.25, -0.2) is 0 Å². The van der Waals surface area contributed by atoms with Gasteiger partial charge in [-0.2, -0.15) is 4.98 Å². The fourth-order valence-electron chi connectivity index (χ4n) is 1.69. The van der Waals surface area contributed by atoms with E-state index in [-0.39, 0.29) is 12.5 Å². The maximum Gasteiger partial charge on any atom is 0.240 e. The predicted octanol–water partition coefficient (Wildman–Crippen LogP) is 0.267. The summed E-state index contributed by atoms with van der Waals surface area (Å²) in [6, 6.07) is 0. The molecular formula is C12H23N5O2. The molecule has 7 heteroatoms. The molecule has 0 spiro atoms. The summed E-state index contributed by atoms with van der Waals surface area (Å²) in [6.07, 6.45) is 1.90. The first-order chi connectivity index (χ1) is 9.19. The number of rotatable bonds is 9. The molecule has 108 valence electrons. The molecule has 3 N–H and O–H groups in total. The monoisotopic (exact) mass is 269 g/mol. The van der Waals surface area contributed by atoms with E-state index < -0.39 is 0 Å². The van der Waals surface area contributed by atoms with Gasteiger partial charge >= 0.3 is 0 Å². The summed E-state index contributed by atoms with van der Waals surface area (Å²) in [6.45, 7) is 6.69. The topological polar surface area (TPSA) is 97.3 Å². The highest BCUT2D eigenvalue weighted by Gasteiger charge is 2.13. The normalized spacial score (nSPS) is 10.9. The molecule has 1 amide bonds. The molecule has 0 saturated carbocycles. The molecule has 19 heavy (non-hydrogen) atoms. The van der Waals surface area contributed by atoms with Gasteiger partial charge in [0, 0.05) is 6.54 Å². The van der Waals surface area contributed by atoms with Gasteiger partial charge in [0.25, 0.3) is 0 Å². The molecule has 0 fully saturated rings. The van der Waals surface area contributed by atoms with Crippen molar-refractivity contribution in [2.24, 2.45) is 5.73 Å². The molecule has 1 aromatic heterocycles. The summed E-state index contributed by atoms with van der Waals surface area (Å²) in [5, 5.41) is 6.70. The van der Waals surface area contributed by atoms with E-state index in [1.54, 1.807) is 0 Å². The fourth-order valence-corrected chi connectivity index (χ4v) is 1.69. The van der Waals surface area contributed by atoms with Crippen LogP contribution in [0.25, 0.3) is 0 Å². The second-order valence-electron chi connectivity index (χ2n) is 4.37. The first kappa shape index (κ1) is 15.6. The first-order valence-corrected chi connectivity index (χ1v) is 6.70. The second kappa shape index (κ2) is 8.60. The van der Waals surface area contributed by atoms with Crippen LogP contribution in [0.4, 0.5) is 0 Å². The Morgan fingerprint density at radius 2 is 2.21 bits per heavy atom. The van der Waals surface area contributed by atoms with Gasteiger partial charge in [-0.15, -0.1) is 0 Å². The maximum absolute atomic E-state index is 11.7. The number of hydrogen-bond donors (Lipinski definition) is 2. The molecule has 0 atom stereocenters. The van der Waals surface area contributed by atoms with Crippen LogP contribution in [0, 0.1) is 0 Å². The minimum absolute atomic E-state index is 0.0258. The molecule has 0 bridgehead atoms. The van der Waals surface area contributed by atoms with Gasteiger partial charge in [0.1, 0.15) is 0 Å². The number of amides is 1. The molecule has 1 heterocycles. The van der Waals surface area contributed by atoms with E-state index in [2.05, 4.69) is 22.4 Å². The Hall–Kier alpha value is -1.47. The maximum atomic E-state index is 11.7. The fraction of sp³-hybridized carbons (Fsp3) is 0.750. The van der Waals surface area contributed by atoms with Crippen LogP contribution >= 0.6 is 0 Å². The van der Waals surface area contributed by atoms with Gasteiger partial charge in [0.15, 0.2) is 5.82 Å². The second-order valence-corrected chi connectivity index (χ2v) is 4.37. The third-order valence-electron chi connectivity index (χ3n) is 2.53. The van der Waals surface area contributed by atoms with Crippen molar-refractivity contribution in [2.45, 2.75) is 39.8 Å². The SMILES string of the molecule is CCCNC(=O)CN(CCC)Cc1noc(CN)n1. The molecule has 1 aromatic rings. The zero-order valence-electron chi connectivity index (χ0n) is 11.7. The third kappa shape index (κ3) is 5.80. The Morgan fingerprint density at radius 3 is 2.79 bits per heavy atom. The van der Waals surface area contributed by atoms with E-state index in [1.165, 1.54) is 0 Å². The van der Waals surface area contributed by atoms with E-state index in [0.717, 1.165) is 19.4 Å². The molecule has 1 rings (SSSR count). The Labute approximate surface area is 113 Å². The van der Waals surface area contributed by atoms with Crippen LogP contribution in [-0.2, 0) is 17.9 Å². The van der Waals surface area contributed by atoms with Gasteiger partial charge in [-0.3, -0.25) is 9.69 Å². The summed E-state index contributed by atoms with van der Waals surface area (Å²) in [5.41, 5.74) is 5.41. The average Bonchev–Trinajstić information content (AvgIpc) is 2.84. The molecule has 0 saturated heterocycles. The number of carbonyl (C=O) groups is 1. The zero-order chi connectivity index (χ0) is 14.1. The molecule has 0 radical (unpaired) electrons. The number of aromatic nitrogens is 2. The van der Waals surface area contributed by atoms with Crippen LogP contribution in [0.5, 0.6) is 0 Å². The van der Waals surface area contributed by atoms with Crippen molar-refractivity contribution in [2.75, 3.05) is 19.6 Å². The van der Waals surface area contributed by atoms with Crippen molar-refractivity contribution < 1.29 is 9.32 Å². The molecular weight excluding hydrogens is 246 g/mol. The van der Waals surface area contributed by atoms with Crippen molar-refractivity contribution in [3.63, 3.8) is 0 Å². The van der Waals surface area contributed by atoms with Crippen LogP contribution in [0.3, 0.4) is 0 Å². The predicted molar refractivity (Wildman–Crippen MR) is 71.1 cm³/mol. The summed E-state index contributed by atoms with van der Waals surface area (Å²) < 4.78 is 4.95. The van der Waals surface area contributed by atoms with Crippen LogP contribution < -0.4 is 11.1 Å². The quantitative estimate of drug-likeness (QED) is 0.667. The molecule has 0 aliphatic carbocycles. The summed E-state index contributed by atoms with van der Waals surface area (Å²) >= 11 is 0. The van der Waals surface area contributed by atoms with Gasteiger partial charge in [0.2, 0.25) is 11.8 Å². The highest BCUT2D eigenvalue weighted by atomic mass is 16.5. The van der Waals surface area contributed by atoms with Crippen LogP contribution in [0.2, 0.25) is 0 Å². The van der Waals surface area contributed by atoms with Crippen LogP contribution in [0.15, 0.2) is 4.52 Å². The van der Waals surface area contributed by atoms with Gasteiger partial charge in [0.05, 0.1) is 19.6 Å². The highest BCUT2D eigenvalue weighted by Crippen LogP contribution is 2.02. The molecule has 0 aromatic carbocycles. The average molecular weight is 269 g/mol. The van der Waals surface area contributed by atoms with Gasteiger partial charge in [-0.05, 0) is 19.4 Å². The van der Waals surface area contributed by atoms with Crippen molar-refractivity contribution in [1.82, 2.24) is 20.4 Å². The number of nitrogens with one attached hydrogen (secondary N) is 1. The summed E-state index contributed by atoms with van der Waals surface area (Å²) in [4.78, 5) is 17.8. The molecule has 0 aliphatic heterocycles. The lowest BCUT2D eigenvalue weighted by atomic mass is 10.3. The number of nitrogens with two attached hydrogens (primary N) is 1. The number of hydrogen-bond acceptors (Lipinski definition) is 6. The third-order valence-corrected chi connectivity index (χ3v) is 2.53. The highest BCUT2D eigenvalue weighted by molar-refractivity contribution is 5.77. The minimum atomic E-state index is 0.0258. The minimum Gasteiger partial charge on any atom is -0.355 e. The first-order valence-electron chi connectivity index (χ1n) is 6.70. The number of nitrogens with zero attached hydrogens (tertiary/aromatic N) is 3. The standard InChI is InChI=1S/C12H23N5O2/c1-3-5-14-11(18)9-17(6-4-2)8-10-15-12(7-13)19-16-10/h3-9,13H2,1-2H3,(H,14,18). The van der Waals surface area contributed by atoms with E-state index in [9.17, 15) is 4.79 Å². The van der Waals surface area contributed by atoms with E-state index in [1.807, 2.05) is 11.8 Å². The lowest BCUT2D eigenvalue weighted by Crippen LogP contribution is -2.37. The van der Waals surface area contributed by atoms with Crippen LogP contribution in [-0.4, -0.2) is 40.6 Å².